The Bertz CT molecular complexity index is 1390. The lowest BCUT2D eigenvalue weighted by Gasteiger charge is -2.37. The number of nitrogens with zero attached hydrogens (tertiary/aromatic N) is 2. The number of aliphatic carboxylic acids is 1. The molecule has 1 fully saturated rings. The molecule has 2 aromatic carbocycles. The summed E-state index contributed by atoms with van der Waals surface area (Å²) in [5.41, 5.74) is 5.60. The van der Waals surface area contributed by atoms with E-state index in [-0.39, 0.29) is 17.8 Å². The Morgan fingerprint density at radius 2 is 1.90 bits per heavy atom. The highest BCUT2D eigenvalue weighted by Gasteiger charge is 2.36. The molecule has 1 aliphatic carbocycles. The van der Waals surface area contributed by atoms with Crippen LogP contribution in [0, 0.1) is 17.7 Å². The number of benzene rings is 2. The highest BCUT2D eigenvalue weighted by atomic mass is 19.1. The van der Waals surface area contributed by atoms with Gasteiger partial charge in [-0.3, -0.25) is 9.69 Å². The molecule has 5 rings (SSSR count). The quantitative estimate of drug-likeness (QED) is 0.263. The lowest BCUT2D eigenvalue weighted by molar-refractivity contribution is -0.142. The van der Waals surface area contributed by atoms with Gasteiger partial charge in [0, 0.05) is 18.2 Å². The zero-order valence-corrected chi connectivity index (χ0v) is 24.5. The van der Waals surface area contributed by atoms with Crippen LogP contribution >= 0.6 is 0 Å². The molecule has 3 atom stereocenters. The molecule has 1 saturated carbocycles. The number of aromatic nitrogens is 1. The minimum absolute atomic E-state index is 0.0114. The first-order valence-electron chi connectivity index (χ1n) is 14.9. The highest BCUT2D eigenvalue weighted by molar-refractivity contribution is 5.71. The average molecular weight is 561 g/mol. The SMILES string of the molecule is CCN(CC)Cc1cc(C2CCc3ccc([C@H](C4CCC4)[C@H](C)C(=O)O)cc3O2)ccc1-c1cc(OC)ncc1F. The van der Waals surface area contributed by atoms with E-state index < -0.39 is 11.9 Å². The van der Waals surface area contributed by atoms with E-state index in [0.29, 0.717) is 23.9 Å². The average Bonchev–Trinajstić information content (AvgIpc) is 2.97. The second kappa shape index (κ2) is 12.6. The third-order valence-electron chi connectivity index (χ3n) is 9.13. The lowest BCUT2D eigenvalue weighted by Crippen LogP contribution is -2.30. The molecule has 3 aromatic rings. The summed E-state index contributed by atoms with van der Waals surface area (Å²) in [4.78, 5) is 18.3. The minimum Gasteiger partial charge on any atom is -0.485 e. The van der Waals surface area contributed by atoms with Crippen LogP contribution in [0.4, 0.5) is 4.39 Å². The van der Waals surface area contributed by atoms with Crippen LogP contribution in [0.2, 0.25) is 0 Å². The molecule has 0 radical (unpaired) electrons. The molecule has 0 bridgehead atoms. The maximum absolute atomic E-state index is 15.0. The Labute approximate surface area is 242 Å². The summed E-state index contributed by atoms with van der Waals surface area (Å²) in [6.07, 6.45) is 6.11. The maximum Gasteiger partial charge on any atom is 0.306 e. The summed E-state index contributed by atoms with van der Waals surface area (Å²) in [6, 6.07) is 14.2. The van der Waals surface area contributed by atoms with Gasteiger partial charge in [0.25, 0.3) is 0 Å². The van der Waals surface area contributed by atoms with E-state index in [9.17, 15) is 14.3 Å². The summed E-state index contributed by atoms with van der Waals surface area (Å²) < 4.78 is 26.9. The Morgan fingerprint density at radius 1 is 1.12 bits per heavy atom. The smallest absolute Gasteiger partial charge is 0.306 e. The van der Waals surface area contributed by atoms with E-state index in [2.05, 4.69) is 48.0 Å². The first-order valence-corrected chi connectivity index (χ1v) is 14.9. The monoisotopic (exact) mass is 560 g/mol. The van der Waals surface area contributed by atoms with Gasteiger partial charge in [0.05, 0.1) is 19.2 Å². The Morgan fingerprint density at radius 3 is 2.56 bits per heavy atom. The molecule has 6 nitrogen and oxygen atoms in total. The molecule has 1 aliphatic heterocycles. The van der Waals surface area contributed by atoms with Gasteiger partial charge >= 0.3 is 5.97 Å². The number of ether oxygens (including phenoxy) is 2. The van der Waals surface area contributed by atoms with E-state index in [1.54, 1.807) is 6.07 Å². The van der Waals surface area contributed by atoms with Crippen LogP contribution in [0.3, 0.4) is 0 Å². The van der Waals surface area contributed by atoms with Crippen molar-refractivity contribution in [3.8, 4) is 22.8 Å². The lowest BCUT2D eigenvalue weighted by atomic mass is 9.68. The van der Waals surface area contributed by atoms with Gasteiger partial charge in [0.15, 0.2) is 0 Å². The van der Waals surface area contributed by atoms with Gasteiger partial charge in [-0.25, -0.2) is 9.37 Å². The van der Waals surface area contributed by atoms with Crippen LogP contribution in [0.1, 0.15) is 80.7 Å². The zero-order valence-electron chi connectivity index (χ0n) is 24.5. The van der Waals surface area contributed by atoms with Crippen LogP contribution in [0.25, 0.3) is 11.1 Å². The van der Waals surface area contributed by atoms with Gasteiger partial charge in [-0.1, -0.05) is 57.5 Å². The first kappa shape index (κ1) is 29.1. The van der Waals surface area contributed by atoms with Crippen LogP contribution in [0.15, 0.2) is 48.7 Å². The van der Waals surface area contributed by atoms with Gasteiger partial charge in [-0.15, -0.1) is 0 Å². The number of carboxylic acid groups (broad SMARTS) is 1. The van der Waals surface area contributed by atoms with Crippen molar-refractivity contribution in [1.29, 1.82) is 0 Å². The number of hydrogen-bond acceptors (Lipinski definition) is 5. The maximum atomic E-state index is 15.0. The summed E-state index contributed by atoms with van der Waals surface area (Å²) >= 11 is 0. The molecule has 41 heavy (non-hydrogen) atoms. The zero-order chi connectivity index (χ0) is 29.1. The molecule has 0 spiro atoms. The normalized spacial score (nSPS) is 18.2. The van der Waals surface area contributed by atoms with Gasteiger partial charge < -0.3 is 14.6 Å². The predicted octanol–water partition coefficient (Wildman–Crippen LogP) is 7.41. The predicted molar refractivity (Wildman–Crippen MR) is 158 cm³/mol. The molecule has 7 heteroatoms. The fourth-order valence-corrected chi connectivity index (χ4v) is 6.38. The third-order valence-corrected chi connectivity index (χ3v) is 9.13. The highest BCUT2D eigenvalue weighted by Crippen LogP contribution is 2.46. The summed E-state index contributed by atoms with van der Waals surface area (Å²) in [7, 11) is 1.53. The molecule has 1 N–H and O–H groups in total. The fraction of sp³-hybridized carbons (Fsp3) is 0.471. The van der Waals surface area contributed by atoms with Gasteiger partial charge in [0.1, 0.15) is 17.7 Å². The fourth-order valence-electron chi connectivity index (χ4n) is 6.38. The number of carbonyl (C=O) groups is 1. The molecular weight excluding hydrogens is 519 g/mol. The largest absolute Gasteiger partial charge is 0.485 e. The second-order valence-electron chi connectivity index (χ2n) is 11.4. The number of rotatable bonds is 11. The standard InChI is InChI=1S/C34H41FN2O4/c1-5-37(6-2)20-26-16-24(12-14-27(26)28-18-32(40-4)36-19-29(28)35)30-15-13-22-10-11-25(17-31(22)41-30)33(21(3)34(38)39)23-8-7-9-23/h10-12,14,16-19,21,23,30,33H,5-9,13,15,20H2,1-4H3,(H,38,39)/t21-,30?,33-/m0/s1. The van der Waals surface area contributed by atoms with E-state index >= 15 is 0 Å². The molecule has 1 aromatic heterocycles. The summed E-state index contributed by atoms with van der Waals surface area (Å²) in [6.45, 7) is 8.54. The Kier molecular flexibility index (Phi) is 8.93. The molecular formula is C34H41FN2O4. The summed E-state index contributed by atoms with van der Waals surface area (Å²) in [5, 5.41) is 9.82. The number of halogens is 1. The van der Waals surface area contributed by atoms with E-state index in [4.69, 9.17) is 9.47 Å². The van der Waals surface area contributed by atoms with Gasteiger partial charge in [0.2, 0.25) is 5.88 Å². The topological polar surface area (TPSA) is 71.9 Å². The number of aryl methyl sites for hydroxylation is 1. The van der Waals surface area contributed by atoms with Crippen LogP contribution in [-0.2, 0) is 17.8 Å². The van der Waals surface area contributed by atoms with Gasteiger partial charge in [-0.2, -0.15) is 0 Å². The third kappa shape index (κ3) is 6.10. The second-order valence-corrected chi connectivity index (χ2v) is 11.4. The minimum atomic E-state index is -0.748. The van der Waals surface area contributed by atoms with Crippen molar-refractivity contribution in [3.63, 3.8) is 0 Å². The number of fused-ring (bicyclic) bond motifs is 1. The Hall–Kier alpha value is -3.45. The molecule has 2 heterocycles. The molecule has 0 saturated heterocycles. The number of carboxylic acids is 1. The van der Waals surface area contributed by atoms with Crippen molar-refractivity contribution in [2.75, 3.05) is 20.2 Å². The van der Waals surface area contributed by atoms with Gasteiger partial charge in [-0.05, 0) is 84.5 Å². The molecule has 218 valence electrons. The number of hydrogen-bond donors (Lipinski definition) is 1. The van der Waals surface area contributed by atoms with Crippen molar-refractivity contribution in [2.45, 2.75) is 71.4 Å². The van der Waals surface area contributed by atoms with E-state index in [1.807, 2.05) is 19.1 Å². The van der Waals surface area contributed by atoms with Crippen LogP contribution < -0.4 is 9.47 Å². The van der Waals surface area contributed by atoms with Crippen molar-refractivity contribution in [1.82, 2.24) is 9.88 Å². The Balaban J connectivity index is 1.47. The number of pyridine rings is 1. The molecule has 2 aliphatic rings. The first-order chi connectivity index (χ1) is 19.8. The van der Waals surface area contributed by atoms with E-state index in [0.717, 1.165) is 72.3 Å². The van der Waals surface area contributed by atoms with Crippen LogP contribution in [0.5, 0.6) is 11.6 Å². The van der Waals surface area contributed by atoms with Crippen molar-refractivity contribution < 1.29 is 23.8 Å². The van der Waals surface area contributed by atoms with Crippen molar-refractivity contribution >= 4 is 5.97 Å². The van der Waals surface area contributed by atoms with Crippen molar-refractivity contribution in [3.05, 3.63) is 76.7 Å². The molecule has 0 amide bonds. The summed E-state index contributed by atoms with van der Waals surface area (Å²) in [5.74, 6) is 0.0391. The van der Waals surface area contributed by atoms with Crippen molar-refractivity contribution in [2.24, 2.45) is 11.8 Å². The van der Waals surface area contributed by atoms with Crippen LogP contribution in [-0.4, -0.2) is 41.2 Å². The molecule has 1 unspecified atom stereocenters. The van der Waals surface area contributed by atoms with E-state index in [1.165, 1.54) is 19.7 Å². The number of methoxy groups -OCH3 is 1.